The van der Waals surface area contributed by atoms with E-state index in [2.05, 4.69) is 23.8 Å². The number of aliphatic imine (C=N–C) groups is 1. The molecule has 2 unspecified atom stereocenters. The number of allylic oxidation sites excluding steroid dienone is 2. The van der Waals surface area contributed by atoms with Gasteiger partial charge < -0.3 is 19.9 Å². The van der Waals surface area contributed by atoms with Crippen LogP contribution in [0.5, 0.6) is 5.75 Å². The lowest BCUT2D eigenvalue weighted by atomic mass is 9.82. The number of alkyl carbamates (subject to hydrolysis) is 1. The Morgan fingerprint density at radius 3 is 2.66 bits per heavy atom. The number of benzene rings is 1. The van der Waals surface area contributed by atoms with Crippen LogP contribution in [-0.4, -0.2) is 34.7 Å². The van der Waals surface area contributed by atoms with Gasteiger partial charge in [-0.25, -0.2) is 4.79 Å². The summed E-state index contributed by atoms with van der Waals surface area (Å²) in [6, 6.07) is 7.49. The van der Waals surface area contributed by atoms with Gasteiger partial charge in [-0.05, 0) is 65.5 Å². The van der Waals surface area contributed by atoms with E-state index in [1.807, 2.05) is 58.0 Å². The summed E-state index contributed by atoms with van der Waals surface area (Å²) in [7, 11) is 0. The largest absolute Gasteiger partial charge is 0.484 e. The number of hydrogen-bond acceptors (Lipinski definition) is 5. The first-order chi connectivity index (χ1) is 15.0. The van der Waals surface area contributed by atoms with Gasteiger partial charge in [0.05, 0.1) is 11.8 Å². The van der Waals surface area contributed by atoms with Crippen LogP contribution in [0.25, 0.3) is 0 Å². The fourth-order valence-corrected chi connectivity index (χ4v) is 4.00. The number of amides is 1. The molecular formula is C26H38N2O4. The molecule has 6 heteroatoms. The lowest BCUT2D eigenvalue weighted by molar-refractivity contribution is 0.0186. The number of rotatable bonds is 9. The fraction of sp³-hybridized carbons (Fsp3) is 0.538. The zero-order chi connectivity index (χ0) is 23.9. The van der Waals surface area contributed by atoms with Crippen molar-refractivity contribution in [2.75, 3.05) is 0 Å². The monoisotopic (exact) mass is 442 g/mol. The second-order valence-corrected chi connectivity index (χ2v) is 9.33. The molecule has 32 heavy (non-hydrogen) atoms. The molecule has 176 valence electrons. The van der Waals surface area contributed by atoms with Crippen LogP contribution in [0.1, 0.15) is 78.8 Å². The average Bonchev–Trinajstić information content (AvgIpc) is 2.99. The average molecular weight is 443 g/mol. The third-order valence-electron chi connectivity index (χ3n) is 5.32. The van der Waals surface area contributed by atoms with Gasteiger partial charge in [-0.15, -0.1) is 0 Å². The molecule has 1 amide bonds. The number of aliphatic hydroxyl groups is 1. The summed E-state index contributed by atoms with van der Waals surface area (Å²) in [6.45, 7) is 15.4. The summed E-state index contributed by atoms with van der Waals surface area (Å²) in [5.74, 6) is 0.783. The number of nitrogens with zero attached hydrogens (tertiary/aromatic N) is 1. The molecule has 0 spiro atoms. The number of carbonyl (C=O) groups excluding carboxylic acids is 1. The summed E-state index contributed by atoms with van der Waals surface area (Å²) in [4.78, 5) is 17.1. The van der Waals surface area contributed by atoms with Crippen molar-refractivity contribution >= 4 is 12.3 Å². The Bertz CT molecular complexity index is 867. The fourth-order valence-electron chi connectivity index (χ4n) is 4.00. The van der Waals surface area contributed by atoms with Crippen molar-refractivity contribution in [3.05, 3.63) is 53.8 Å². The van der Waals surface area contributed by atoms with E-state index in [0.717, 1.165) is 35.4 Å². The van der Waals surface area contributed by atoms with Crippen molar-refractivity contribution in [3.63, 3.8) is 0 Å². The highest BCUT2D eigenvalue weighted by atomic mass is 16.6. The molecule has 1 aliphatic rings. The van der Waals surface area contributed by atoms with Crippen LogP contribution in [-0.2, 0) is 4.74 Å². The molecule has 1 aromatic carbocycles. The molecule has 0 radical (unpaired) electrons. The Morgan fingerprint density at radius 2 is 2.06 bits per heavy atom. The SMILES string of the molecule is C=C(CCC1(CCC)Oc2ccccc2[C@H]1NC(=O)OC(C)(C)C)C(=C/C)/N=C\C(C)O. The van der Waals surface area contributed by atoms with Gasteiger partial charge in [0.1, 0.15) is 23.0 Å². The molecule has 0 aromatic heterocycles. The van der Waals surface area contributed by atoms with Crippen molar-refractivity contribution < 1.29 is 19.4 Å². The minimum Gasteiger partial charge on any atom is -0.484 e. The predicted molar refractivity (Wildman–Crippen MR) is 129 cm³/mol. The van der Waals surface area contributed by atoms with Crippen LogP contribution in [0, 0.1) is 0 Å². The van der Waals surface area contributed by atoms with Gasteiger partial charge in [0, 0.05) is 11.8 Å². The van der Waals surface area contributed by atoms with Gasteiger partial charge >= 0.3 is 6.09 Å². The van der Waals surface area contributed by atoms with Crippen molar-refractivity contribution in [2.24, 2.45) is 4.99 Å². The number of nitrogens with one attached hydrogen (secondary N) is 1. The Kier molecular flexibility index (Phi) is 8.67. The number of fused-ring (bicyclic) bond motifs is 1. The summed E-state index contributed by atoms with van der Waals surface area (Å²) in [5, 5.41) is 12.6. The summed E-state index contributed by atoms with van der Waals surface area (Å²) in [5.41, 5.74) is 1.34. The number of carbonyl (C=O) groups is 1. The third-order valence-corrected chi connectivity index (χ3v) is 5.32. The Labute approximate surface area is 192 Å². The number of ether oxygens (including phenoxy) is 2. The van der Waals surface area contributed by atoms with E-state index in [0.29, 0.717) is 12.8 Å². The minimum absolute atomic E-state index is 0.337. The van der Waals surface area contributed by atoms with Crippen molar-refractivity contribution in [3.8, 4) is 5.75 Å². The molecule has 0 saturated carbocycles. The first-order valence-corrected chi connectivity index (χ1v) is 11.4. The molecule has 0 aliphatic carbocycles. The van der Waals surface area contributed by atoms with E-state index in [1.165, 1.54) is 6.21 Å². The van der Waals surface area contributed by atoms with Crippen LogP contribution in [0.2, 0.25) is 0 Å². The Morgan fingerprint density at radius 1 is 1.38 bits per heavy atom. The van der Waals surface area contributed by atoms with Crippen LogP contribution in [0.3, 0.4) is 0 Å². The maximum absolute atomic E-state index is 12.7. The van der Waals surface area contributed by atoms with Gasteiger partial charge in [-0.3, -0.25) is 4.99 Å². The maximum Gasteiger partial charge on any atom is 0.408 e. The van der Waals surface area contributed by atoms with Gasteiger partial charge in [0.15, 0.2) is 0 Å². The topological polar surface area (TPSA) is 80.2 Å². The molecule has 1 heterocycles. The van der Waals surface area contributed by atoms with E-state index >= 15 is 0 Å². The van der Waals surface area contributed by atoms with Gasteiger partial charge in [0.25, 0.3) is 0 Å². The van der Waals surface area contributed by atoms with Crippen LogP contribution in [0.15, 0.2) is 53.2 Å². The molecule has 2 rings (SSSR count). The van der Waals surface area contributed by atoms with E-state index in [9.17, 15) is 9.90 Å². The van der Waals surface area contributed by atoms with Crippen molar-refractivity contribution in [2.45, 2.75) is 90.6 Å². The quantitative estimate of drug-likeness (QED) is 0.370. The Balaban J connectivity index is 2.29. The van der Waals surface area contributed by atoms with Crippen LogP contribution < -0.4 is 10.1 Å². The maximum atomic E-state index is 12.7. The summed E-state index contributed by atoms with van der Waals surface area (Å²) >= 11 is 0. The van der Waals surface area contributed by atoms with Gasteiger partial charge in [-0.1, -0.05) is 44.2 Å². The molecule has 0 bridgehead atoms. The molecule has 0 saturated heterocycles. The van der Waals surface area contributed by atoms with E-state index in [1.54, 1.807) is 6.92 Å². The first-order valence-electron chi connectivity index (χ1n) is 11.4. The molecule has 2 N–H and O–H groups in total. The first kappa shape index (κ1) is 25.7. The van der Waals surface area contributed by atoms with Crippen molar-refractivity contribution in [1.82, 2.24) is 5.32 Å². The molecule has 1 aromatic rings. The lowest BCUT2D eigenvalue weighted by Gasteiger charge is -2.36. The molecule has 3 atom stereocenters. The Hall–Kier alpha value is -2.60. The number of hydrogen-bond donors (Lipinski definition) is 2. The van der Waals surface area contributed by atoms with Crippen LogP contribution in [0.4, 0.5) is 4.79 Å². The lowest BCUT2D eigenvalue weighted by Crippen LogP contribution is -2.47. The third kappa shape index (κ3) is 6.70. The normalized spacial score (nSPS) is 21.7. The van der Waals surface area contributed by atoms with E-state index in [-0.39, 0.29) is 6.04 Å². The molecule has 6 nitrogen and oxygen atoms in total. The second kappa shape index (κ2) is 10.8. The molecular weight excluding hydrogens is 404 g/mol. The predicted octanol–water partition coefficient (Wildman–Crippen LogP) is 5.88. The van der Waals surface area contributed by atoms with Crippen molar-refractivity contribution in [1.29, 1.82) is 0 Å². The smallest absolute Gasteiger partial charge is 0.408 e. The summed E-state index contributed by atoms with van der Waals surface area (Å²) < 4.78 is 12.1. The highest BCUT2D eigenvalue weighted by Gasteiger charge is 2.48. The van der Waals surface area contributed by atoms with E-state index < -0.39 is 23.4 Å². The highest BCUT2D eigenvalue weighted by molar-refractivity contribution is 5.69. The zero-order valence-electron chi connectivity index (χ0n) is 20.3. The second-order valence-electron chi connectivity index (χ2n) is 9.33. The number of aliphatic hydroxyl groups excluding tert-OH is 1. The molecule has 0 fully saturated rings. The molecule has 1 aliphatic heterocycles. The number of para-hydroxylation sites is 1. The zero-order valence-corrected chi connectivity index (χ0v) is 20.3. The van der Waals surface area contributed by atoms with E-state index in [4.69, 9.17) is 9.47 Å². The van der Waals surface area contributed by atoms with Crippen LogP contribution >= 0.6 is 0 Å². The highest BCUT2D eigenvalue weighted by Crippen LogP contribution is 2.48. The summed E-state index contributed by atoms with van der Waals surface area (Å²) in [6.07, 6.45) is 5.23. The van der Waals surface area contributed by atoms with Gasteiger partial charge in [-0.2, -0.15) is 0 Å². The minimum atomic E-state index is -0.626. The van der Waals surface area contributed by atoms with Gasteiger partial charge in [0.2, 0.25) is 0 Å². The standard InChI is InChI=1S/C26H38N2O4/c1-8-15-26(16-14-18(3)21(9-2)27-17-19(4)29)23(28-24(30)32-25(5,6)7)20-12-10-11-13-22(20)31-26/h9-13,17,19,23,29H,3,8,14-16H2,1-2,4-7H3,(H,28,30)/b21-9-,27-17-/t19?,23-,26?/m1/s1.